The summed E-state index contributed by atoms with van der Waals surface area (Å²) < 4.78 is 14.3. The molecule has 0 spiro atoms. The normalized spacial score (nSPS) is 12.1. The molecule has 3 aromatic rings. The molecule has 0 unspecified atom stereocenters. The zero-order valence-electron chi connectivity index (χ0n) is 15.9. The van der Waals surface area contributed by atoms with Crippen LogP contribution in [-0.4, -0.2) is 34.8 Å². The first-order chi connectivity index (χ1) is 14.0. The van der Waals surface area contributed by atoms with Crippen LogP contribution in [0.5, 0.6) is 5.75 Å². The Balaban J connectivity index is 1.85. The molecule has 0 aliphatic rings. The monoisotopic (exact) mass is 414 g/mol. The molecule has 152 valence electrons. The smallest absolute Gasteiger partial charge is 0.149 e. The molecule has 0 amide bonds. The van der Waals surface area contributed by atoms with Gasteiger partial charge in [-0.05, 0) is 35.4 Å². The number of anilines is 1. The maximum absolute atomic E-state index is 14.3. The van der Waals surface area contributed by atoms with Gasteiger partial charge in [-0.3, -0.25) is 4.90 Å². The first kappa shape index (κ1) is 21.1. The summed E-state index contributed by atoms with van der Waals surface area (Å²) in [5.74, 6) is -0.650. The topological polar surface area (TPSA) is 55.7 Å². The van der Waals surface area contributed by atoms with Gasteiger partial charge in [0.25, 0.3) is 0 Å². The van der Waals surface area contributed by atoms with Crippen LogP contribution in [0.3, 0.4) is 0 Å². The number of nitrogens with one attached hydrogen (secondary N) is 1. The zero-order chi connectivity index (χ0) is 20.6. The second kappa shape index (κ2) is 10.3. The van der Waals surface area contributed by atoms with Crippen LogP contribution in [0.4, 0.5) is 10.1 Å². The lowest BCUT2D eigenvalue weighted by molar-refractivity contribution is 0.185. The van der Waals surface area contributed by atoms with Crippen LogP contribution in [0.1, 0.15) is 17.2 Å². The molecule has 0 bridgehead atoms. The molecule has 4 nitrogen and oxygen atoms in total. The van der Waals surface area contributed by atoms with Crippen LogP contribution in [0, 0.1) is 5.82 Å². The molecule has 0 aliphatic heterocycles. The summed E-state index contributed by atoms with van der Waals surface area (Å²) >= 11 is 6.03. The summed E-state index contributed by atoms with van der Waals surface area (Å²) in [5.41, 5.74) is 2.37. The van der Waals surface area contributed by atoms with Gasteiger partial charge in [0.05, 0.1) is 18.3 Å². The molecule has 3 aromatic carbocycles. The summed E-state index contributed by atoms with van der Waals surface area (Å²) in [6.45, 7) is 1.70. The molecular weight excluding hydrogens is 391 g/mol. The van der Waals surface area contributed by atoms with E-state index >= 15 is 0 Å². The standard InChI is InChI=1S/C23H24ClFN2O2/c24-19-8-6-18(7-9-19)23(26-22-11-10-20(29)14-21(22)25)16-27(12-13-28)15-17-4-2-1-3-5-17/h1-11,14,23,26,28-29H,12-13,15-16H2/t23-/m0/s1. The SMILES string of the molecule is OCCN(Cc1ccccc1)C[C@H](Nc1ccc(O)cc1F)c1ccc(Cl)cc1. The number of halogens is 2. The minimum absolute atomic E-state index is 0.0216. The predicted octanol–water partition coefficient (Wildman–Crippen LogP) is 4.83. The molecule has 0 fully saturated rings. The van der Waals surface area contributed by atoms with E-state index in [1.165, 1.54) is 12.1 Å². The second-order valence-electron chi connectivity index (χ2n) is 6.86. The molecule has 0 aliphatic carbocycles. The Labute approximate surface area is 175 Å². The number of aliphatic hydroxyl groups excluding tert-OH is 1. The van der Waals surface area contributed by atoms with Crippen LogP contribution in [0.25, 0.3) is 0 Å². The van der Waals surface area contributed by atoms with Crippen LogP contribution < -0.4 is 5.32 Å². The first-order valence-electron chi connectivity index (χ1n) is 9.43. The van der Waals surface area contributed by atoms with Gasteiger partial charge in [0.1, 0.15) is 11.6 Å². The highest BCUT2D eigenvalue weighted by Gasteiger charge is 2.18. The van der Waals surface area contributed by atoms with E-state index < -0.39 is 5.82 Å². The maximum atomic E-state index is 14.3. The summed E-state index contributed by atoms with van der Waals surface area (Å²) in [5, 5.41) is 22.9. The minimum Gasteiger partial charge on any atom is -0.508 e. The fraction of sp³-hybridized carbons (Fsp3) is 0.217. The van der Waals surface area contributed by atoms with Crippen molar-refractivity contribution >= 4 is 17.3 Å². The van der Waals surface area contributed by atoms with Crippen molar-refractivity contribution in [2.45, 2.75) is 12.6 Å². The summed E-state index contributed by atoms with van der Waals surface area (Å²) in [7, 11) is 0. The largest absolute Gasteiger partial charge is 0.508 e. The van der Waals surface area contributed by atoms with E-state index in [1.54, 1.807) is 12.1 Å². The number of aliphatic hydroxyl groups is 1. The Bertz CT molecular complexity index is 907. The van der Waals surface area contributed by atoms with Crippen LogP contribution in [0.15, 0.2) is 72.8 Å². The Morgan fingerprint density at radius 3 is 2.38 bits per heavy atom. The predicted molar refractivity (Wildman–Crippen MR) is 115 cm³/mol. The highest BCUT2D eigenvalue weighted by molar-refractivity contribution is 6.30. The Morgan fingerprint density at radius 1 is 1.00 bits per heavy atom. The van der Waals surface area contributed by atoms with Gasteiger partial charge < -0.3 is 15.5 Å². The van der Waals surface area contributed by atoms with Crippen LogP contribution in [-0.2, 0) is 6.54 Å². The summed E-state index contributed by atoms with van der Waals surface area (Å²) in [6, 6.07) is 21.2. The number of hydrogen-bond donors (Lipinski definition) is 3. The van der Waals surface area contributed by atoms with Gasteiger partial charge in [-0.25, -0.2) is 4.39 Å². The van der Waals surface area contributed by atoms with Crippen molar-refractivity contribution in [2.75, 3.05) is 25.0 Å². The Hall–Kier alpha value is -2.60. The van der Waals surface area contributed by atoms with Gasteiger partial charge >= 0.3 is 0 Å². The number of nitrogens with zero attached hydrogens (tertiary/aromatic N) is 1. The molecule has 0 aromatic heterocycles. The van der Waals surface area contributed by atoms with E-state index in [0.29, 0.717) is 30.3 Å². The number of phenolic OH excluding ortho intramolecular Hbond substituents is 1. The Kier molecular flexibility index (Phi) is 7.47. The lowest BCUT2D eigenvalue weighted by Crippen LogP contribution is -2.33. The van der Waals surface area contributed by atoms with Crippen molar-refractivity contribution in [3.8, 4) is 5.75 Å². The van der Waals surface area contributed by atoms with Crippen molar-refractivity contribution in [1.29, 1.82) is 0 Å². The van der Waals surface area contributed by atoms with Gasteiger partial charge in [0.2, 0.25) is 0 Å². The molecule has 0 radical (unpaired) electrons. The first-order valence-corrected chi connectivity index (χ1v) is 9.80. The lowest BCUT2D eigenvalue weighted by Gasteiger charge is -2.29. The minimum atomic E-state index is -0.527. The van der Waals surface area contributed by atoms with Gasteiger partial charge in [-0.1, -0.05) is 54.1 Å². The van der Waals surface area contributed by atoms with Crippen molar-refractivity contribution in [3.05, 3.63) is 94.8 Å². The van der Waals surface area contributed by atoms with E-state index in [0.717, 1.165) is 17.2 Å². The molecule has 3 N–H and O–H groups in total. The molecule has 1 atom stereocenters. The number of rotatable bonds is 9. The fourth-order valence-electron chi connectivity index (χ4n) is 3.21. The third-order valence-electron chi connectivity index (χ3n) is 4.66. The highest BCUT2D eigenvalue weighted by atomic mass is 35.5. The average molecular weight is 415 g/mol. The van der Waals surface area contributed by atoms with Gasteiger partial charge in [0, 0.05) is 30.7 Å². The van der Waals surface area contributed by atoms with Crippen molar-refractivity contribution in [2.24, 2.45) is 0 Å². The summed E-state index contributed by atoms with van der Waals surface area (Å²) in [4.78, 5) is 2.11. The molecule has 6 heteroatoms. The third kappa shape index (κ3) is 6.19. The quantitative estimate of drug-likeness (QED) is 0.439. The number of phenols is 1. The van der Waals surface area contributed by atoms with Crippen molar-refractivity contribution in [1.82, 2.24) is 4.90 Å². The maximum Gasteiger partial charge on any atom is 0.149 e. The van der Waals surface area contributed by atoms with Crippen molar-refractivity contribution in [3.63, 3.8) is 0 Å². The molecule has 0 saturated carbocycles. The third-order valence-corrected chi connectivity index (χ3v) is 4.91. The molecule has 29 heavy (non-hydrogen) atoms. The van der Waals surface area contributed by atoms with Crippen LogP contribution >= 0.6 is 11.6 Å². The average Bonchev–Trinajstić information content (AvgIpc) is 2.71. The van der Waals surface area contributed by atoms with E-state index in [9.17, 15) is 14.6 Å². The van der Waals surface area contributed by atoms with Gasteiger partial charge in [0.15, 0.2) is 0 Å². The van der Waals surface area contributed by atoms with Crippen molar-refractivity contribution < 1.29 is 14.6 Å². The molecule has 0 saturated heterocycles. The van der Waals surface area contributed by atoms with Crippen LogP contribution in [0.2, 0.25) is 5.02 Å². The van der Waals surface area contributed by atoms with E-state index in [2.05, 4.69) is 10.2 Å². The fourth-order valence-corrected chi connectivity index (χ4v) is 3.34. The molecule has 0 heterocycles. The van der Waals surface area contributed by atoms with Gasteiger partial charge in [-0.15, -0.1) is 0 Å². The van der Waals surface area contributed by atoms with E-state index in [1.807, 2.05) is 42.5 Å². The van der Waals surface area contributed by atoms with E-state index in [-0.39, 0.29) is 18.4 Å². The zero-order valence-corrected chi connectivity index (χ0v) is 16.7. The summed E-state index contributed by atoms with van der Waals surface area (Å²) in [6.07, 6.45) is 0. The second-order valence-corrected chi connectivity index (χ2v) is 7.29. The number of hydrogen-bond acceptors (Lipinski definition) is 4. The van der Waals surface area contributed by atoms with Gasteiger partial charge in [-0.2, -0.15) is 0 Å². The Morgan fingerprint density at radius 2 is 1.72 bits per heavy atom. The molecule has 3 rings (SSSR count). The number of aromatic hydroxyl groups is 1. The molecular formula is C23H24ClFN2O2. The van der Waals surface area contributed by atoms with E-state index in [4.69, 9.17) is 11.6 Å². The highest BCUT2D eigenvalue weighted by Crippen LogP contribution is 2.26. The lowest BCUT2D eigenvalue weighted by atomic mass is 10.0. The number of benzene rings is 3.